The van der Waals surface area contributed by atoms with Gasteiger partial charge in [0.05, 0.1) is 6.26 Å². The number of hydrogen-bond donors (Lipinski definition) is 0. The van der Waals surface area contributed by atoms with Gasteiger partial charge in [0.1, 0.15) is 5.58 Å². The molecule has 0 radical (unpaired) electrons. The van der Waals surface area contributed by atoms with E-state index in [2.05, 4.69) is 39.8 Å². The van der Waals surface area contributed by atoms with Crippen molar-refractivity contribution in [2.75, 3.05) is 0 Å². The zero-order chi connectivity index (χ0) is 11.7. The van der Waals surface area contributed by atoms with Gasteiger partial charge in [-0.15, -0.1) is 0 Å². The van der Waals surface area contributed by atoms with Crippen molar-refractivity contribution >= 4 is 11.0 Å². The Labute approximate surface area is 97.5 Å². The minimum absolute atomic E-state index is 0.559. The first-order chi connectivity index (χ1) is 7.63. The number of hydrogen-bond acceptors (Lipinski definition) is 1. The van der Waals surface area contributed by atoms with Crippen molar-refractivity contribution in [1.29, 1.82) is 0 Å². The Morgan fingerprint density at radius 1 is 1.25 bits per heavy atom. The second-order valence-corrected chi connectivity index (χ2v) is 4.87. The third-order valence-electron chi connectivity index (χ3n) is 3.18. The molecule has 86 valence electrons. The van der Waals surface area contributed by atoms with Crippen molar-refractivity contribution in [3.63, 3.8) is 0 Å². The highest BCUT2D eigenvalue weighted by atomic mass is 16.3. The van der Waals surface area contributed by atoms with Gasteiger partial charge >= 0.3 is 0 Å². The number of fused-ring (bicyclic) bond motifs is 1. The van der Waals surface area contributed by atoms with Crippen molar-refractivity contribution in [3.05, 3.63) is 35.1 Å². The molecule has 0 aliphatic carbocycles. The molecule has 1 aromatic carbocycles. The van der Waals surface area contributed by atoms with E-state index < -0.39 is 0 Å². The fraction of sp³-hybridized carbons (Fsp3) is 0.467. The maximum Gasteiger partial charge on any atom is 0.134 e. The second-order valence-electron chi connectivity index (χ2n) is 4.87. The zero-order valence-electron chi connectivity index (χ0n) is 10.6. The smallest absolute Gasteiger partial charge is 0.134 e. The van der Waals surface area contributed by atoms with Gasteiger partial charge < -0.3 is 4.42 Å². The Hall–Kier alpha value is -1.24. The van der Waals surface area contributed by atoms with Crippen LogP contribution in [0.5, 0.6) is 0 Å². The van der Waals surface area contributed by atoms with Crippen LogP contribution in [0.15, 0.2) is 22.8 Å². The van der Waals surface area contributed by atoms with Crippen LogP contribution in [0.2, 0.25) is 0 Å². The average Bonchev–Trinajstić information content (AvgIpc) is 2.60. The molecule has 0 unspecified atom stereocenters. The zero-order valence-corrected chi connectivity index (χ0v) is 10.6. The summed E-state index contributed by atoms with van der Waals surface area (Å²) in [4.78, 5) is 0. The molecule has 2 rings (SSSR count). The lowest BCUT2D eigenvalue weighted by Crippen LogP contribution is -1.91. The summed E-state index contributed by atoms with van der Waals surface area (Å²) in [5, 5.41) is 1.30. The highest BCUT2D eigenvalue weighted by Crippen LogP contribution is 2.29. The number of benzene rings is 1. The summed E-state index contributed by atoms with van der Waals surface area (Å²) in [5.41, 5.74) is 5.15. The molecule has 0 aliphatic heterocycles. The molecule has 2 aromatic rings. The van der Waals surface area contributed by atoms with Gasteiger partial charge in [-0.05, 0) is 48.1 Å². The van der Waals surface area contributed by atoms with Crippen LogP contribution in [-0.4, -0.2) is 0 Å². The van der Waals surface area contributed by atoms with Gasteiger partial charge in [-0.2, -0.15) is 0 Å². The van der Waals surface area contributed by atoms with Gasteiger partial charge in [0.25, 0.3) is 0 Å². The fourth-order valence-corrected chi connectivity index (χ4v) is 2.34. The first-order valence-corrected chi connectivity index (χ1v) is 6.14. The quantitative estimate of drug-likeness (QED) is 0.717. The summed E-state index contributed by atoms with van der Waals surface area (Å²) in [6.45, 7) is 8.85. The predicted molar refractivity (Wildman–Crippen MR) is 69.0 cm³/mol. The lowest BCUT2D eigenvalue weighted by atomic mass is 9.95. The fourth-order valence-electron chi connectivity index (χ4n) is 2.34. The van der Waals surface area contributed by atoms with Crippen LogP contribution in [-0.2, 0) is 6.42 Å². The van der Waals surface area contributed by atoms with Crippen LogP contribution in [0.25, 0.3) is 11.0 Å². The van der Waals surface area contributed by atoms with E-state index in [1.807, 2.05) is 6.26 Å². The number of furan rings is 1. The molecular weight excluding hydrogens is 196 g/mol. The topological polar surface area (TPSA) is 13.1 Å². The van der Waals surface area contributed by atoms with Gasteiger partial charge in [0, 0.05) is 5.39 Å². The molecular formula is C15H20O. The molecule has 0 spiro atoms. The van der Waals surface area contributed by atoms with Gasteiger partial charge in [0.15, 0.2) is 0 Å². The first kappa shape index (κ1) is 11.3. The predicted octanol–water partition coefficient (Wildman–Crippen LogP) is 4.82. The molecule has 0 bridgehead atoms. The molecule has 1 nitrogen and oxygen atoms in total. The summed E-state index contributed by atoms with van der Waals surface area (Å²) in [6, 6.07) is 4.48. The van der Waals surface area contributed by atoms with Crippen molar-refractivity contribution in [3.8, 4) is 0 Å². The van der Waals surface area contributed by atoms with Crippen molar-refractivity contribution in [2.24, 2.45) is 0 Å². The van der Waals surface area contributed by atoms with E-state index in [0.717, 1.165) is 12.0 Å². The van der Waals surface area contributed by atoms with Gasteiger partial charge in [-0.25, -0.2) is 0 Å². The SMILES string of the molecule is CCCc1coc2cc(C(C)C)c(C)cc12. The highest BCUT2D eigenvalue weighted by Gasteiger charge is 2.10. The maximum atomic E-state index is 5.65. The third kappa shape index (κ3) is 1.87. The molecule has 0 aliphatic rings. The monoisotopic (exact) mass is 216 g/mol. The number of rotatable bonds is 3. The minimum atomic E-state index is 0.559. The van der Waals surface area contributed by atoms with Gasteiger partial charge in [-0.1, -0.05) is 27.2 Å². The lowest BCUT2D eigenvalue weighted by molar-refractivity contribution is 0.608. The van der Waals surface area contributed by atoms with Crippen LogP contribution < -0.4 is 0 Å². The molecule has 0 fully saturated rings. The average molecular weight is 216 g/mol. The maximum absolute atomic E-state index is 5.65. The highest BCUT2D eigenvalue weighted by molar-refractivity contribution is 5.82. The summed E-state index contributed by atoms with van der Waals surface area (Å²) in [6.07, 6.45) is 4.19. The van der Waals surface area contributed by atoms with E-state index in [1.54, 1.807) is 0 Å². The normalized spacial score (nSPS) is 11.6. The van der Waals surface area contributed by atoms with Crippen LogP contribution in [0.4, 0.5) is 0 Å². The lowest BCUT2D eigenvalue weighted by Gasteiger charge is -2.09. The molecule has 1 heteroatoms. The Kier molecular flexibility index (Phi) is 3.04. The summed E-state index contributed by atoms with van der Waals surface area (Å²) in [7, 11) is 0. The van der Waals surface area contributed by atoms with Gasteiger partial charge in [-0.3, -0.25) is 0 Å². The molecule has 0 saturated carbocycles. The Bertz CT molecular complexity index is 491. The van der Waals surface area contributed by atoms with E-state index in [9.17, 15) is 0 Å². The Morgan fingerprint density at radius 3 is 2.62 bits per heavy atom. The summed E-state index contributed by atoms with van der Waals surface area (Å²) < 4.78 is 5.65. The molecule has 1 aromatic heterocycles. The number of aryl methyl sites for hydroxylation is 2. The van der Waals surface area contributed by atoms with E-state index in [4.69, 9.17) is 4.42 Å². The summed E-state index contributed by atoms with van der Waals surface area (Å²) in [5.74, 6) is 0.559. The Morgan fingerprint density at radius 2 is 2.00 bits per heavy atom. The van der Waals surface area contributed by atoms with E-state index >= 15 is 0 Å². The van der Waals surface area contributed by atoms with Crippen LogP contribution in [0.3, 0.4) is 0 Å². The summed E-state index contributed by atoms with van der Waals surface area (Å²) >= 11 is 0. The van der Waals surface area contributed by atoms with E-state index in [1.165, 1.54) is 28.5 Å². The first-order valence-electron chi connectivity index (χ1n) is 6.14. The minimum Gasteiger partial charge on any atom is -0.464 e. The van der Waals surface area contributed by atoms with Crippen molar-refractivity contribution < 1.29 is 4.42 Å². The largest absolute Gasteiger partial charge is 0.464 e. The van der Waals surface area contributed by atoms with Crippen LogP contribution in [0.1, 0.15) is 49.8 Å². The molecule has 0 amide bonds. The third-order valence-corrected chi connectivity index (χ3v) is 3.18. The standard InChI is InChI=1S/C15H20O/c1-5-6-12-9-16-15-8-13(10(2)3)11(4)7-14(12)15/h7-10H,5-6H2,1-4H3. The van der Waals surface area contributed by atoms with E-state index in [-0.39, 0.29) is 0 Å². The van der Waals surface area contributed by atoms with Gasteiger partial charge in [0.2, 0.25) is 0 Å². The molecule has 16 heavy (non-hydrogen) atoms. The molecule has 0 saturated heterocycles. The Balaban J connectivity index is 2.57. The van der Waals surface area contributed by atoms with E-state index in [0.29, 0.717) is 5.92 Å². The molecule has 1 heterocycles. The molecule has 0 atom stereocenters. The van der Waals surface area contributed by atoms with Crippen molar-refractivity contribution in [2.45, 2.75) is 46.5 Å². The van der Waals surface area contributed by atoms with Crippen molar-refractivity contribution in [1.82, 2.24) is 0 Å². The second kappa shape index (κ2) is 4.32. The van der Waals surface area contributed by atoms with Crippen LogP contribution in [0, 0.1) is 6.92 Å². The molecule has 0 N–H and O–H groups in total. The van der Waals surface area contributed by atoms with Crippen LogP contribution >= 0.6 is 0 Å².